The van der Waals surface area contributed by atoms with Crippen molar-refractivity contribution in [1.82, 2.24) is 4.90 Å². The number of alkyl halides is 5. The van der Waals surface area contributed by atoms with E-state index in [1.165, 1.54) is 4.90 Å². The van der Waals surface area contributed by atoms with Crippen LogP contribution in [0.1, 0.15) is 12.0 Å². The first kappa shape index (κ1) is 18.3. The zero-order chi connectivity index (χ0) is 19.4. The molecule has 0 saturated carbocycles. The van der Waals surface area contributed by atoms with Crippen molar-refractivity contribution in [2.75, 3.05) is 13.2 Å². The second-order valence-corrected chi connectivity index (χ2v) is 7.13. The van der Waals surface area contributed by atoms with E-state index in [0.29, 0.717) is 34.9 Å². The topological polar surface area (TPSA) is 34.1 Å². The van der Waals surface area contributed by atoms with E-state index in [2.05, 4.69) is 25.7 Å². The number of fused-ring (bicyclic) bond motifs is 3. The Balaban J connectivity index is 1.82. The minimum Gasteiger partial charge on any atom is -0.492 e. The molecule has 0 amide bonds. The Morgan fingerprint density at radius 1 is 1.30 bits per heavy atom. The van der Waals surface area contributed by atoms with Gasteiger partial charge in [0.25, 0.3) is 0 Å². The molecular weight excluding hydrogens is 439 g/mol. The molecule has 0 saturated heterocycles. The third-order valence-corrected chi connectivity index (χ3v) is 5.22. The van der Waals surface area contributed by atoms with Gasteiger partial charge in [-0.3, -0.25) is 4.99 Å². The SMILES string of the molecule is FC(F)OC1=CC(C(F)(F)F)=CN2C[C@@]3(CCOc4c(Br)cccc43)N=C12. The highest BCUT2D eigenvalue weighted by Crippen LogP contribution is 2.48. The number of halogens is 6. The van der Waals surface area contributed by atoms with Crippen molar-refractivity contribution in [3.63, 3.8) is 0 Å². The summed E-state index contributed by atoms with van der Waals surface area (Å²) in [6, 6.07) is 5.31. The number of hydrogen-bond acceptors (Lipinski definition) is 4. The molecule has 0 unspecified atom stereocenters. The Kier molecular flexibility index (Phi) is 4.21. The zero-order valence-corrected chi connectivity index (χ0v) is 15.2. The van der Waals surface area contributed by atoms with Crippen LogP contribution < -0.4 is 4.74 Å². The highest BCUT2D eigenvalue weighted by atomic mass is 79.9. The van der Waals surface area contributed by atoms with Gasteiger partial charge in [0.2, 0.25) is 0 Å². The first-order valence-corrected chi connectivity index (χ1v) is 8.73. The molecule has 1 atom stereocenters. The first-order chi connectivity index (χ1) is 12.7. The molecule has 0 N–H and O–H groups in total. The smallest absolute Gasteiger partial charge is 0.417 e. The summed E-state index contributed by atoms with van der Waals surface area (Å²) < 4.78 is 75.8. The van der Waals surface area contributed by atoms with E-state index < -0.39 is 29.7 Å². The summed E-state index contributed by atoms with van der Waals surface area (Å²) >= 11 is 3.39. The number of para-hydroxylation sites is 1. The molecule has 0 radical (unpaired) electrons. The summed E-state index contributed by atoms with van der Waals surface area (Å²) in [7, 11) is 0. The normalized spacial score (nSPS) is 24.1. The van der Waals surface area contributed by atoms with E-state index in [-0.39, 0.29) is 12.4 Å². The monoisotopic (exact) mass is 450 g/mol. The highest BCUT2D eigenvalue weighted by Gasteiger charge is 2.48. The maximum absolute atomic E-state index is 13.2. The molecule has 1 aromatic rings. The molecule has 3 aliphatic heterocycles. The number of hydrogen-bond donors (Lipinski definition) is 0. The molecule has 0 aliphatic carbocycles. The number of allylic oxidation sites excluding steroid dienone is 2. The van der Waals surface area contributed by atoms with Crippen molar-refractivity contribution in [3.8, 4) is 5.75 Å². The summed E-state index contributed by atoms with van der Waals surface area (Å²) in [6.45, 7) is -2.90. The van der Waals surface area contributed by atoms with Crippen LogP contribution in [0.15, 0.2) is 51.3 Å². The van der Waals surface area contributed by atoms with Gasteiger partial charge in [-0.25, -0.2) is 0 Å². The molecule has 0 fully saturated rings. The molecule has 0 bridgehead atoms. The minimum absolute atomic E-state index is 0.0453. The van der Waals surface area contributed by atoms with E-state index in [0.717, 1.165) is 6.20 Å². The van der Waals surface area contributed by atoms with Gasteiger partial charge in [0.1, 0.15) is 11.3 Å². The summed E-state index contributed by atoms with van der Waals surface area (Å²) in [4.78, 5) is 5.76. The number of aliphatic imine (C=N–C) groups is 1. The van der Waals surface area contributed by atoms with Gasteiger partial charge < -0.3 is 14.4 Å². The first-order valence-electron chi connectivity index (χ1n) is 7.94. The Labute approximate surface area is 159 Å². The third-order valence-electron chi connectivity index (χ3n) is 4.60. The molecule has 10 heteroatoms. The van der Waals surface area contributed by atoms with Crippen molar-refractivity contribution in [3.05, 3.63) is 51.8 Å². The molecule has 1 aromatic carbocycles. The van der Waals surface area contributed by atoms with Crippen LogP contribution in [0.25, 0.3) is 0 Å². The van der Waals surface area contributed by atoms with E-state index in [1.54, 1.807) is 18.2 Å². The molecule has 4 rings (SSSR count). The summed E-state index contributed by atoms with van der Waals surface area (Å²) in [5, 5.41) is 0. The average molecular weight is 451 g/mol. The van der Waals surface area contributed by atoms with Gasteiger partial charge in [-0.1, -0.05) is 12.1 Å². The van der Waals surface area contributed by atoms with Gasteiger partial charge in [0, 0.05) is 18.2 Å². The lowest BCUT2D eigenvalue weighted by molar-refractivity contribution is -0.0981. The Hall–Kier alpha value is -2.10. The van der Waals surface area contributed by atoms with Gasteiger partial charge in [-0.2, -0.15) is 22.0 Å². The van der Waals surface area contributed by atoms with Crippen molar-refractivity contribution in [2.45, 2.75) is 24.7 Å². The minimum atomic E-state index is -4.70. The maximum atomic E-state index is 13.2. The van der Waals surface area contributed by atoms with Crippen LogP contribution in [0.4, 0.5) is 22.0 Å². The predicted octanol–water partition coefficient (Wildman–Crippen LogP) is 4.72. The van der Waals surface area contributed by atoms with E-state index in [1.807, 2.05) is 0 Å². The Bertz CT molecular complexity index is 881. The number of rotatable bonds is 2. The summed E-state index contributed by atoms with van der Waals surface area (Å²) in [6.07, 6.45) is -2.87. The largest absolute Gasteiger partial charge is 0.492 e. The van der Waals surface area contributed by atoms with Crippen molar-refractivity contribution in [1.29, 1.82) is 0 Å². The Morgan fingerprint density at radius 2 is 2.07 bits per heavy atom. The fraction of sp³-hybridized carbons (Fsp3) is 0.353. The van der Waals surface area contributed by atoms with Crippen molar-refractivity contribution in [2.24, 2.45) is 4.99 Å². The van der Waals surface area contributed by atoms with E-state index in [4.69, 9.17) is 4.74 Å². The second kappa shape index (κ2) is 6.22. The number of amidine groups is 1. The molecule has 144 valence electrons. The average Bonchev–Trinajstić information content (AvgIpc) is 2.94. The van der Waals surface area contributed by atoms with E-state index >= 15 is 0 Å². The number of ether oxygens (including phenoxy) is 2. The van der Waals surface area contributed by atoms with Gasteiger partial charge in [0.15, 0.2) is 11.6 Å². The number of nitrogens with zero attached hydrogens (tertiary/aromatic N) is 2. The highest BCUT2D eigenvalue weighted by molar-refractivity contribution is 9.10. The van der Waals surface area contributed by atoms with Crippen LogP contribution in [0, 0.1) is 0 Å². The van der Waals surface area contributed by atoms with Crippen LogP contribution in [0.2, 0.25) is 0 Å². The molecular formula is C17H12BrF5N2O2. The van der Waals surface area contributed by atoms with Gasteiger partial charge in [-0.05, 0) is 28.1 Å². The van der Waals surface area contributed by atoms with Crippen LogP contribution in [-0.2, 0) is 10.3 Å². The summed E-state index contributed by atoms with van der Waals surface area (Å²) in [5.41, 5.74) is -1.30. The van der Waals surface area contributed by atoms with Gasteiger partial charge >= 0.3 is 12.8 Å². The maximum Gasteiger partial charge on any atom is 0.417 e. The fourth-order valence-electron chi connectivity index (χ4n) is 3.47. The standard InChI is InChI=1S/C17H12BrF5N2O2/c18-11-3-1-2-10-13(11)26-5-4-16(10)8-25-7-9(17(21,22)23)6-12(14(25)24-16)27-15(19)20/h1-3,6-7,15H,4-5,8H2/t16-/m1/s1. The second-order valence-electron chi connectivity index (χ2n) is 6.28. The quantitative estimate of drug-likeness (QED) is 0.611. The Morgan fingerprint density at radius 3 is 2.78 bits per heavy atom. The van der Waals surface area contributed by atoms with Gasteiger partial charge in [0.05, 0.1) is 23.2 Å². The molecule has 0 aromatic heterocycles. The van der Waals surface area contributed by atoms with Crippen LogP contribution in [0.5, 0.6) is 5.75 Å². The number of benzene rings is 1. The van der Waals surface area contributed by atoms with Gasteiger partial charge in [-0.15, -0.1) is 0 Å². The van der Waals surface area contributed by atoms with Crippen molar-refractivity contribution < 1.29 is 31.4 Å². The molecule has 3 heterocycles. The lowest BCUT2D eigenvalue weighted by Crippen LogP contribution is -2.37. The lowest BCUT2D eigenvalue weighted by Gasteiger charge is -2.34. The molecule has 1 spiro atoms. The fourth-order valence-corrected chi connectivity index (χ4v) is 3.95. The third kappa shape index (κ3) is 3.09. The van der Waals surface area contributed by atoms with Crippen LogP contribution in [-0.4, -0.2) is 36.7 Å². The molecule has 27 heavy (non-hydrogen) atoms. The predicted molar refractivity (Wildman–Crippen MR) is 89.4 cm³/mol. The molecule has 3 aliphatic rings. The van der Waals surface area contributed by atoms with Crippen molar-refractivity contribution >= 4 is 21.8 Å². The summed E-state index contributed by atoms with van der Waals surface area (Å²) in [5.74, 6) is -0.0934. The van der Waals surface area contributed by atoms with Crippen LogP contribution in [0.3, 0.4) is 0 Å². The van der Waals surface area contributed by atoms with Crippen LogP contribution >= 0.6 is 15.9 Å². The zero-order valence-electron chi connectivity index (χ0n) is 13.6. The van der Waals surface area contributed by atoms with E-state index in [9.17, 15) is 22.0 Å². The lowest BCUT2D eigenvalue weighted by atomic mass is 9.85. The molecule has 4 nitrogen and oxygen atoms in total.